The summed E-state index contributed by atoms with van der Waals surface area (Å²) in [5, 5.41) is 0. The van der Waals surface area contributed by atoms with Crippen molar-refractivity contribution < 1.29 is 21.5 Å². The molecule has 2 rings (SSSR count). The largest absolute Gasteiger partial charge is 1.00 e. The number of halogens is 1. The molecule has 0 aliphatic carbocycles. The van der Waals surface area contributed by atoms with E-state index in [1.54, 1.807) is 0 Å². The van der Waals surface area contributed by atoms with Gasteiger partial charge in [0.15, 0.2) is 6.20 Å². The third kappa shape index (κ3) is 8.62. The first-order chi connectivity index (χ1) is 11.9. The molecule has 3 heteroatoms. The van der Waals surface area contributed by atoms with Crippen LogP contribution in [0.3, 0.4) is 0 Å². The maximum Gasteiger partial charge on any atom is 0.231 e. The van der Waals surface area contributed by atoms with Gasteiger partial charge in [0.1, 0.15) is 12.2 Å². The summed E-state index contributed by atoms with van der Waals surface area (Å²) in [7, 11) is 0. The molecule has 138 valence electrons. The molecule has 0 aromatic carbocycles. The maximum atomic E-state index is 4.49. The molecule has 0 unspecified atom stereocenters. The van der Waals surface area contributed by atoms with Crippen molar-refractivity contribution in [1.29, 1.82) is 0 Å². The van der Waals surface area contributed by atoms with E-state index < -0.39 is 0 Å². The quantitative estimate of drug-likeness (QED) is 0.392. The van der Waals surface area contributed by atoms with Crippen LogP contribution in [0.25, 0.3) is 11.4 Å². The Kier molecular flexibility index (Phi) is 12.2. The van der Waals surface area contributed by atoms with Crippen molar-refractivity contribution in [3.05, 3.63) is 48.8 Å². The van der Waals surface area contributed by atoms with Crippen LogP contribution in [0.4, 0.5) is 0 Å². The average molecular weight is 405 g/mol. The van der Waals surface area contributed by atoms with Gasteiger partial charge in [-0.05, 0) is 24.6 Å². The lowest BCUT2D eigenvalue weighted by atomic mass is 10.1. The van der Waals surface area contributed by atoms with Crippen LogP contribution in [0.5, 0.6) is 0 Å². The second-order valence-electron chi connectivity index (χ2n) is 6.68. The van der Waals surface area contributed by atoms with E-state index in [2.05, 4.69) is 53.0 Å². The minimum absolute atomic E-state index is 0. The molecule has 2 heterocycles. The van der Waals surface area contributed by atoms with Crippen molar-refractivity contribution in [3.8, 4) is 11.4 Å². The fourth-order valence-corrected chi connectivity index (χ4v) is 3.19. The fraction of sp³-hybridized carbons (Fsp3) is 0.545. The molecule has 0 atom stereocenters. The van der Waals surface area contributed by atoms with Crippen LogP contribution in [0.15, 0.2) is 48.8 Å². The number of aryl methyl sites for hydroxylation is 1. The van der Waals surface area contributed by atoms with E-state index in [0.29, 0.717) is 0 Å². The molecule has 0 bridgehead atoms. The van der Waals surface area contributed by atoms with E-state index in [4.69, 9.17) is 0 Å². The van der Waals surface area contributed by atoms with Crippen LogP contribution < -0.4 is 21.5 Å². The number of nitrogens with zero attached hydrogens (tertiary/aromatic N) is 2. The molecule has 0 radical (unpaired) electrons. The Hall–Kier alpha value is -1.22. The van der Waals surface area contributed by atoms with Crippen LogP contribution in [-0.2, 0) is 6.54 Å². The van der Waals surface area contributed by atoms with Crippen molar-refractivity contribution in [3.63, 3.8) is 0 Å². The van der Waals surface area contributed by atoms with Gasteiger partial charge in [0.25, 0.3) is 0 Å². The van der Waals surface area contributed by atoms with Crippen LogP contribution >= 0.6 is 0 Å². The smallest absolute Gasteiger partial charge is 0.231 e. The van der Waals surface area contributed by atoms with Gasteiger partial charge in [-0.15, -0.1) is 0 Å². The Morgan fingerprint density at radius 1 is 0.760 bits per heavy atom. The molecular weight excluding hydrogens is 372 g/mol. The molecule has 2 aromatic rings. The molecule has 0 aliphatic rings. The highest BCUT2D eigenvalue weighted by Crippen LogP contribution is 2.13. The Bertz CT molecular complexity index is 557. The first-order valence-corrected chi connectivity index (χ1v) is 9.81. The molecule has 0 spiro atoms. The topological polar surface area (TPSA) is 16.8 Å². The van der Waals surface area contributed by atoms with Crippen LogP contribution in [0.2, 0.25) is 0 Å². The normalized spacial score (nSPS) is 10.4. The van der Waals surface area contributed by atoms with Gasteiger partial charge in [0.05, 0.1) is 0 Å². The number of pyridine rings is 2. The van der Waals surface area contributed by atoms with Crippen molar-refractivity contribution in [2.45, 2.75) is 77.7 Å². The minimum Gasteiger partial charge on any atom is -1.00 e. The first kappa shape index (κ1) is 21.8. The number of rotatable bonds is 12. The highest BCUT2D eigenvalue weighted by Gasteiger charge is 2.12. The molecule has 0 N–H and O–H groups in total. The summed E-state index contributed by atoms with van der Waals surface area (Å²) < 4.78 is 2.34. The number of hydrogen-bond donors (Lipinski definition) is 0. The summed E-state index contributed by atoms with van der Waals surface area (Å²) in [5.41, 5.74) is 2.28. The summed E-state index contributed by atoms with van der Waals surface area (Å²) >= 11 is 0. The van der Waals surface area contributed by atoms with E-state index >= 15 is 0 Å². The lowest BCUT2D eigenvalue weighted by Gasteiger charge is -2.04. The second-order valence-corrected chi connectivity index (χ2v) is 6.68. The molecule has 0 aliphatic heterocycles. The lowest BCUT2D eigenvalue weighted by Crippen LogP contribution is -3.00. The third-order valence-electron chi connectivity index (χ3n) is 4.62. The van der Waals surface area contributed by atoms with E-state index in [9.17, 15) is 0 Å². The van der Waals surface area contributed by atoms with Gasteiger partial charge in [-0.1, -0.05) is 64.4 Å². The number of aromatic nitrogens is 2. The summed E-state index contributed by atoms with van der Waals surface area (Å²) in [6, 6.07) is 12.5. The van der Waals surface area contributed by atoms with Gasteiger partial charge in [-0.3, -0.25) is 0 Å². The minimum atomic E-state index is 0. The van der Waals surface area contributed by atoms with Gasteiger partial charge in [0, 0.05) is 24.8 Å². The lowest BCUT2D eigenvalue weighted by molar-refractivity contribution is -0.686. The molecule has 2 nitrogen and oxygen atoms in total. The van der Waals surface area contributed by atoms with E-state index in [1.807, 2.05) is 12.3 Å². The Labute approximate surface area is 164 Å². The zero-order valence-corrected chi connectivity index (χ0v) is 17.3. The molecule has 0 amide bonds. The number of unbranched alkanes of at least 4 members (excludes halogenated alkanes) is 9. The van der Waals surface area contributed by atoms with Crippen LogP contribution in [0.1, 0.15) is 71.1 Å². The molecule has 0 saturated heterocycles. The fourth-order valence-electron chi connectivity index (χ4n) is 3.19. The monoisotopic (exact) mass is 404 g/mol. The van der Waals surface area contributed by atoms with Gasteiger partial charge in [-0.2, -0.15) is 4.57 Å². The van der Waals surface area contributed by atoms with Gasteiger partial charge in [0.2, 0.25) is 5.69 Å². The van der Waals surface area contributed by atoms with E-state index in [1.165, 1.54) is 69.9 Å². The van der Waals surface area contributed by atoms with Crippen molar-refractivity contribution in [2.24, 2.45) is 0 Å². The highest BCUT2D eigenvalue weighted by atomic mass is 79.9. The number of hydrogen-bond acceptors (Lipinski definition) is 1. The Morgan fingerprint density at radius 3 is 2.04 bits per heavy atom. The molecule has 0 fully saturated rings. The molecular formula is C22H33BrN2. The van der Waals surface area contributed by atoms with Crippen LogP contribution in [0, 0.1) is 0 Å². The van der Waals surface area contributed by atoms with Crippen molar-refractivity contribution in [1.82, 2.24) is 4.98 Å². The summed E-state index contributed by atoms with van der Waals surface area (Å²) in [6.07, 6.45) is 17.9. The second kappa shape index (κ2) is 14.0. The molecule has 0 saturated carbocycles. The third-order valence-corrected chi connectivity index (χ3v) is 4.62. The zero-order chi connectivity index (χ0) is 16.9. The first-order valence-electron chi connectivity index (χ1n) is 9.81. The van der Waals surface area contributed by atoms with E-state index in [-0.39, 0.29) is 17.0 Å². The molecule has 25 heavy (non-hydrogen) atoms. The summed E-state index contributed by atoms with van der Waals surface area (Å²) in [6.45, 7) is 3.37. The maximum absolute atomic E-state index is 4.49. The van der Waals surface area contributed by atoms with E-state index in [0.717, 1.165) is 12.2 Å². The Morgan fingerprint density at radius 2 is 1.40 bits per heavy atom. The molecule has 2 aromatic heterocycles. The van der Waals surface area contributed by atoms with Gasteiger partial charge >= 0.3 is 0 Å². The standard InChI is InChI=1S/C22H33N2.BrH/c1-2-3-4-5-6-7-8-9-10-14-19-24-20-15-12-17-22(24)21-16-11-13-18-23-21;/h11-13,15-18,20H,2-10,14,19H2,1H3;1H/q+1;/p-1. The predicted molar refractivity (Wildman–Crippen MR) is 102 cm³/mol. The van der Waals surface area contributed by atoms with Gasteiger partial charge < -0.3 is 17.0 Å². The van der Waals surface area contributed by atoms with Crippen LogP contribution in [-0.4, -0.2) is 4.98 Å². The Balaban J connectivity index is 0.00000312. The zero-order valence-electron chi connectivity index (χ0n) is 15.7. The summed E-state index contributed by atoms with van der Waals surface area (Å²) in [5.74, 6) is 0. The van der Waals surface area contributed by atoms with Crippen molar-refractivity contribution >= 4 is 0 Å². The van der Waals surface area contributed by atoms with Gasteiger partial charge in [-0.25, -0.2) is 4.98 Å². The highest BCUT2D eigenvalue weighted by molar-refractivity contribution is 5.49. The predicted octanol–water partition coefficient (Wildman–Crippen LogP) is 2.96. The summed E-state index contributed by atoms with van der Waals surface area (Å²) in [4.78, 5) is 4.49. The SMILES string of the molecule is CCCCCCCCCCCC[n+]1ccccc1-c1ccccn1.[Br-]. The average Bonchev–Trinajstić information content (AvgIpc) is 2.64. The van der Waals surface area contributed by atoms with Crippen molar-refractivity contribution in [2.75, 3.05) is 0 Å².